The summed E-state index contributed by atoms with van der Waals surface area (Å²) in [4.78, 5) is 12.4. The van der Waals surface area contributed by atoms with Crippen LogP contribution in [0.2, 0.25) is 0 Å². The fraction of sp³-hybridized carbons (Fsp3) is 0.167. The van der Waals surface area contributed by atoms with E-state index in [0.29, 0.717) is 17.2 Å². The molecule has 0 saturated carbocycles. The van der Waals surface area contributed by atoms with Gasteiger partial charge >= 0.3 is 0 Å². The second-order valence-electron chi connectivity index (χ2n) is 6.36. The van der Waals surface area contributed by atoms with Crippen LogP contribution in [-0.2, 0) is 11.3 Å². The van der Waals surface area contributed by atoms with Gasteiger partial charge in [-0.2, -0.15) is 0 Å². The van der Waals surface area contributed by atoms with E-state index in [1.54, 1.807) is 39.9 Å². The van der Waals surface area contributed by atoms with Crippen molar-refractivity contribution in [3.8, 4) is 28.4 Å². The van der Waals surface area contributed by atoms with E-state index in [2.05, 4.69) is 17.4 Å². The predicted octanol–water partition coefficient (Wildman–Crippen LogP) is 4.25. The number of carbonyl (C=O) groups is 1. The van der Waals surface area contributed by atoms with Gasteiger partial charge in [-0.15, -0.1) is 0 Å². The summed E-state index contributed by atoms with van der Waals surface area (Å²) in [6, 6.07) is 21.5. The first-order valence-corrected chi connectivity index (χ1v) is 9.21. The zero-order valence-corrected chi connectivity index (χ0v) is 16.8. The lowest BCUT2D eigenvalue weighted by atomic mass is 10.0. The minimum atomic E-state index is -0.197. The van der Waals surface area contributed by atoms with Crippen LogP contribution in [0.25, 0.3) is 11.1 Å². The van der Waals surface area contributed by atoms with Gasteiger partial charge in [0.15, 0.2) is 0 Å². The topological polar surface area (TPSA) is 56.8 Å². The van der Waals surface area contributed by atoms with Gasteiger partial charge in [-0.05, 0) is 16.7 Å². The minimum absolute atomic E-state index is 0.197. The van der Waals surface area contributed by atoms with Crippen molar-refractivity contribution in [1.29, 1.82) is 0 Å². The Morgan fingerprint density at radius 3 is 1.97 bits per heavy atom. The van der Waals surface area contributed by atoms with Crippen molar-refractivity contribution >= 4 is 5.91 Å². The molecule has 1 N–H and O–H groups in total. The Balaban J connectivity index is 1.64. The summed E-state index contributed by atoms with van der Waals surface area (Å²) in [5, 5.41) is 2.89. The monoisotopic (exact) mass is 390 g/mol. The Bertz CT molecular complexity index is 927. The summed E-state index contributed by atoms with van der Waals surface area (Å²) >= 11 is 0. The normalized spacial score (nSPS) is 10.3. The second kappa shape index (κ2) is 9.64. The van der Waals surface area contributed by atoms with E-state index in [1.165, 1.54) is 0 Å². The smallest absolute Gasteiger partial charge is 0.228 e. The van der Waals surface area contributed by atoms with Gasteiger partial charge in [-0.3, -0.25) is 4.79 Å². The molecule has 0 heterocycles. The third-order valence-electron chi connectivity index (χ3n) is 4.57. The summed E-state index contributed by atoms with van der Waals surface area (Å²) in [5.41, 5.74) is 3.82. The van der Waals surface area contributed by atoms with E-state index >= 15 is 0 Å². The number of hydrogen-bond acceptors (Lipinski definition) is 4. The quantitative estimate of drug-likeness (QED) is 0.625. The second-order valence-corrected chi connectivity index (χ2v) is 6.36. The average Bonchev–Trinajstić information content (AvgIpc) is 2.78. The van der Waals surface area contributed by atoms with Crippen LogP contribution in [0.3, 0.4) is 0 Å². The van der Waals surface area contributed by atoms with Gasteiger partial charge in [-0.1, -0.05) is 54.6 Å². The molecule has 0 aliphatic rings. The molecule has 29 heavy (non-hydrogen) atoms. The third kappa shape index (κ3) is 5.08. The highest BCUT2D eigenvalue weighted by atomic mass is 16.5. The van der Waals surface area contributed by atoms with Crippen molar-refractivity contribution < 1.29 is 19.0 Å². The number of carbonyl (C=O) groups excluding carboxylic acids is 1. The standard InChI is InChI=1S/C24H24NO4/c1-27-20-14-22(28-2)21(23(15-20)29-3)16-25-24(26)13-17-9-11-19(12-10-17)18-7-5-4-6-8-18/h4-15H,16H2,1-3H3,(H,25,26). The number of benzene rings is 3. The van der Waals surface area contributed by atoms with Crippen LogP contribution in [0.5, 0.6) is 17.2 Å². The highest BCUT2D eigenvalue weighted by molar-refractivity contribution is 5.88. The third-order valence-corrected chi connectivity index (χ3v) is 4.57. The van der Waals surface area contributed by atoms with Gasteiger partial charge in [-0.25, -0.2) is 0 Å². The first-order chi connectivity index (χ1) is 14.1. The maximum absolute atomic E-state index is 12.4. The van der Waals surface area contributed by atoms with Crippen LogP contribution >= 0.6 is 0 Å². The average molecular weight is 390 g/mol. The Kier molecular flexibility index (Phi) is 6.74. The van der Waals surface area contributed by atoms with Crippen LogP contribution in [0.15, 0.2) is 66.7 Å². The minimum Gasteiger partial charge on any atom is -0.496 e. The maximum atomic E-state index is 12.4. The Morgan fingerprint density at radius 1 is 0.828 bits per heavy atom. The first kappa shape index (κ1) is 20.3. The van der Waals surface area contributed by atoms with Gasteiger partial charge in [0.25, 0.3) is 0 Å². The zero-order chi connectivity index (χ0) is 20.6. The Labute approximate surface area is 171 Å². The Hall–Kier alpha value is -3.47. The molecule has 0 saturated heterocycles. The van der Waals surface area contributed by atoms with E-state index in [4.69, 9.17) is 14.2 Å². The van der Waals surface area contributed by atoms with E-state index in [9.17, 15) is 4.79 Å². The molecule has 1 radical (unpaired) electrons. The molecule has 1 amide bonds. The van der Waals surface area contributed by atoms with Crippen molar-refractivity contribution in [2.24, 2.45) is 0 Å². The molecule has 0 bridgehead atoms. The summed E-state index contributed by atoms with van der Waals surface area (Å²) in [5.74, 6) is 1.61. The molecular formula is C24H24NO4. The maximum Gasteiger partial charge on any atom is 0.228 e. The van der Waals surface area contributed by atoms with Gasteiger partial charge in [0, 0.05) is 12.1 Å². The largest absolute Gasteiger partial charge is 0.496 e. The van der Waals surface area contributed by atoms with Gasteiger partial charge in [0.05, 0.1) is 39.9 Å². The lowest BCUT2D eigenvalue weighted by Crippen LogP contribution is -2.23. The van der Waals surface area contributed by atoms with Gasteiger partial charge in [0.1, 0.15) is 17.2 Å². The van der Waals surface area contributed by atoms with Crippen molar-refractivity contribution in [2.75, 3.05) is 21.3 Å². The van der Waals surface area contributed by atoms with Crippen LogP contribution in [0, 0.1) is 6.42 Å². The van der Waals surface area contributed by atoms with Crippen LogP contribution in [0.4, 0.5) is 0 Å². The summed E-state index contributed by atoms with van der Waals surface area (Å²) < 4.78 is 16.1. The molecule has 0 atom stereocenters. The molecule has 5 heteroatoms. The number of rotatable bonds is 8. The van der Waals surface area contributed by atoms with Crippen LogP contribution in [-0.4, -0.2) is 27.2 Å². The molecule has 0 aromatic heterocycles. The molecule has 3 aromatic rings. The lowest BCUT2D eigenvalue weighted by molar-refractivity contribution is -0.117. The highest BCUT2D eigenvalue weighted by Gasteiger charge is 2.14. The Morgan fingerprint density at radius 2 is 1.41 bits per heavy atom. The molecule has 0 aliphatic heterocycles. The molecule has 0 fully saturated rings. The molecule has 3 rings (SSSR count). The van der Waals surface area contributed by atoms with Crippen molar-refractivity contribution in [1.82, 2.24) is 5.32 Å². The first-order valence-electron chi connectivity index (χ1n) is 9.21. The van der Waals surface area contributed by atoms with E-state index in [1.807, 2.05) is 42.5 Å². The van der Waals surface area contributed by atoms with Crippen molar-refractivity contribution in [3.05, 3.63) is 84.3 Å². The van der Waals surface area contributed by atoms with Crippen LogP contribution in [0.1, 0.15) is 11.1 Å². The zero-order valence-electron chi connectivity index (χ0n) is 16.8. The van der Waals surface area contributed by atoms with Gasteiger partial charge in [0.2, 0.25) is 5.91 Å². The summed E-state index contributed by atoms with van der Waals surface area (Å²) in [7, 11) is 4.72. The number of amides is 1. The molecule has 0 spiro atoms. The van der Waals surface area contributed by atoms with Crippen molar-refractivity contribution in [3.63, 3.8) is 0 Å². The van der Waals surface area contributed by atoms with Crippen molar-refractivity contribution in [2.45, 2.75) is 6.54 Å². The lowest BCUT2D eigenvalue weighted by Gasteiger charge is -2.15. The fourth-order valence-corrected chi connectivity index (χ4v) is 3.03. The molecule has 3 aromatic carbocycles. The van der Waals surface area contributed by atoms with E-state index < -0.39 is 0 Å². The predicted molar refractivity (Wildman–Crippen MR) is 113 cm³/mol. The molecule has 5 nitrogen and oxygen atoms in total. The summed E-state index contributed by atoms with van der Waals surface area (Å²) in [6.07, 6.45) is 1.57. The van der Waals surface area contributed by atoms with Gasteiger partial charge < -0.3 is 19.5 Å². The fourth-order valence-electron chi connectivity index (χ4n) is 3.03. The molecule has 0 aliphatic carbocycles. The number of methoxy groups -OCH3 is 3. The highest BCUT2D eigenvalue weighted by Crippen LogP contribution is 2.33. The summed E-state index contributed by atoms with van der Waals surface area (Å²) in [6.45, 7) is 0.272. The SMILES string of the molecule is COc1cc(OC)c(CNC(=O)[CH]c2ccc(-c3ccccc3)cc2)c(OC)c1. The number of hydrogen-bond donors (Lipinski definition) is 1. The number of ether oxygens (including phenoxy) is 3. The van der Waals surface area contributed by atoms with E-state index in [0.717, 1.165) is 22.3 Å². The molecule has 149 valence electrons. The van der Waals surface area contributed by atoms with E-state index in [-0.39, 0.29) is 12.5 Å². The molecular weight excluding hydrogens is 366 g/mol. The number of nitrogens with one attached hydrogen (secondary N) is 1. The molecule has 0 unspecified atom stereocenters. The van der Waals surface area contributed by atoms with Crippen LogP contribution < -0.4 is 19.5 Å².